The van der Waals surface area contributed by atoms with Crippen LogP contribution >= 0.6 is 0 Å². The minimum Gasteiger partial charge on any atom is -0.359 e. The molecule has 0 aliphatic carbocycles. The van der Waals surface area contributed by atoms with Crippen molar-refractivity contribution in [3.63, 3.8) is 0 Å². The lowest BCUT2D eigenvalue weighted by Crippen LogP contribution is -2.46. The lowest BCUT2D eigenvalue weighted by atomic mass is 10.1. The first kappa shape index (κ1) is 7.34. The van der Waals surface area contributed by atoms with Crippen LogP contribution in [0.1, 0.15) is 13.8 Å². The number of nitrogens with two attached hydrogens (primary N) is 1. The lowest BCUT2D eigenvalue weighted by Gasteiger charge is -2.26. The number of rotatable bonds is 0. The zero-order valence-electron chi connectivity index (χ0n) is 6.26. The van der Waals surface area contributed by atoms with Gasteiger partial charge in [0.15, 0.2) is 0 Å². The zero-order chi connectivity index (χ0) is 7.78. The predicted molar refractivity (Wildman–Crippen MR) is 36.3 cm³/mol. The highest BCUT2D eigenvalue weighted by molar-refractivity contribution is 5.73. The highest BCUT2D eigenvalue weighted by Crippen LogP contribution is 2.20. The number of carbonyl (C=O) groups excluding carboxylic acids is 1. The molecule has 58 valence electrons. The first-order valence-corrected chi connectivity index (χ1v) is 3.19. The molecule has 10 heavy (non-hydrogen) atoms. The molecular weight excluding hydrogens is 132 g/mol. The number of amides is 2. The summed E-state index contributed by atoms with van der Waals surface area (Å²) in [6.45, 7) is 4.73. The van der Waals surface area contributed by atoms with Gasteiger partial charge in [-0.05, 0) is 13.8 Å². The van der Waals surface area contributed by atoms with Gasteiger partial charge >= 0.3 is 6.03 Å². The van der Waals surface area contributed by atoms with Gasteiger partial charge in [-0.25, -0.2) is 4.79 Å². The van der Waals surface area contributed by atoms with Crippen molar-refractivity contribution in [2.75, 3.05) is 13.3 Å². The quantitative estimate of drug-likeness (QED) is 0.525. The Balaban J connectivity index is 2.68. The maximum atomic E-state index is 10.7. The van der Waals surface area contributed by atoms with E-state index in [-0.39, 0.29) is 5.54 Å². The third-order valence-corrected chi connectivity index (χ3v) is 1.67. The van der Waals surface area contributed by atoms with Crippen LogP contribution in [-0.4, -0.2) is 29.8 Å². The van der Waals surface area contributed by atoms with Crippen molar-refractivity contribution in [3.8, 4) is 0 Å². The molecule has 0 spiro atoms. The average Bonchev–Trinajstić information content (AvgIpc) is 2.08. The molecule has 1 heterocycles. The molecule has 0 radical (unpaired) electrons. The predicted octanol–water partition coefficient (Wildman–Crippen LogP) is 0.133. The molecule has 0 aromatic heterocycles. The van der Waals surface area contributed by atoms with Gasteiger partial charge in [0.05, 0.1) is 12.1 Å². The number of urea groups is 1. The minimum absolute atomic E-state index is 0.230. The summed E-state index contributed by atoms with van der Waals surface area (Å²) in [5.41, 5.74) is 4.85. The van der Waals surface area contributed by atoms with Gasteiger partial charge in [-0.2, -0.15) is 0 Å². The summed E-state index contributed by atoms with van der Waals surface area (Å²) < 4.78 is 5.06. The van der Waals surface area contributed by atoms with E-state index in [1.807, 2.05) is 13.8 Å². The van der Waals surface area contributed by atoms with Gasteiger partial charge < -0.3 is 10.5 Å². The standard InChI is InChI=1S/C6H12N2O2/c1-6(2)3-10-4-8(6)5(7)9/h3-4H2,1-2H3,(H2,7,9). The van der Waals surface area contributed by atoms with Gasteiger partial charge in [0.2, 0.25) is 0 Å². The molecule has 1 fully saturated rings. The molecule has 1 aliphatic heterocycles. The number of hydrogen-bond acceptors (Lipinski definition) is 2. The lowest BCUT2D eigenvalue weighted by molar-refractivity contribution is 0.144. The fourth-order valence-electron chi connectivity index (χ4n) is 1.00. The highest BCUT2D eigenvalue weighted by Gasteiger charge is 2.35. The van der Waals surface area contributed by atoms with E-state index < -0.39 is 6.03 Å². The Morgan fingerprint density at radius 2 is 2.30 bits per heavy atom. The molecule has 0 unspecified atom stereocenters. The second kappa shape index (κ2) is 2.12. The molecule has 1 aliphatic rings. The summed E-state index contributed by atoms with van der Waals surface area (Å²) in [5.74, 6) is 0. The summed E-state index contributed by atoms with van der Waals surface area (Å²) in [4.78, 5) is 12.2. The van der Waals surface area contributed by atoms with Crippen molar-refractivity contribution in [1.82, 2.24) is 4.90 Å². The molecule has 4 nitrogen and oxygen atoms in total. The number of nitrogens with zero attached hydrogens (tertiary/aromatic N) is 1. The van der Waals surface area contributed by atoms with E-state index in [1.165, 1.54) is 4.90 Å². The molecule has 2 N–H and O–H groups in total. The van der Waals surface area contributed by atoms with E-state index in [1.54, 1.807) is 0 Å². The smallest absolute Gasteiger partial charge is 0.317 e. The fourth-order valence-corrected chi connectivity index (χ4v) is 1.00. The van der Waals surface area contributed by atoms with Crippen molar-refractivity contribution < 1.29 is 9.53 Å². The van der Waals surface area contributed by atoms with E-state index in [2.05, 4.69) is 0 Å². The second-order valence-electron chi connectivity index (χ2n) is 3.06. The molecule has 0 saturated carbocycles. The number of ether oxygens (including phenoxy) is 1. The zero-order valence-corrected chi connectivity index (χ0v) is 6.26. The molecule has 0 aromatic rings. The molecule has 1 rings (SSSR count). The van der Waals surface area contributed by atoms with Crippen LogP contribution in [0.25, 0.3) is 0 Å². The Labute approximate surface area is 59.9 Å². The Hall–Kier alpha value is -0.770. The Morgan fingerprint density at radius 3 is 2.50 bits per heavy atom. The summed E-state index contributed by atoms with van der Waals surface area (Å²) >= 11 is 0. The van der Waals surface area contributed by atoms with Crippen LogP contribution in [0.15, 0.2) is 0 Å². The molecule has 1 saturated heterocycles. The molecular formula is C6H12N2O2. The fraction of sp³-hybridized carbons (Fsp3) is 0.833. The topological polar surface area (TPSA) is 55.6 Å². The largest absolute Gasteiger partial charge is 0.359 e. The van der Waals surface area contributed by atoms with Crippen molar-refractivity contribution in [2.45, 2.75) is 19.4 Å². The van der Waals surface area contributed by atoms with E-state index in [0.29, 0.717) is 13.3 Å². The summed E-state index contributed by atoms with van der Waals surface area (Å²) in [5, 5.41) is 0. The molecule has 2 amide bonds. The van der Waals surface area contributed by atoms with E-state index >= 15 is 0 Å². The van der Waals surface area contributed by atoms with Crippen LogP contribution in [0.2, 0.25) is 0 Å². The van der Waals surface area contributed by atoms with Crippen LogP contribution in [0.5, 0.6) is 0 Å². The van der Waals surface area contributed by atoms with Crippen LogP contribution in [-0.2, 0) is 4.74 Å². The van der Waals surface area contributed by atoms with Gasteiger partial charge in [-0.15, -0.1) is 0 Å². The van der Waals surface area contributed by atoms with Crippen molar-refractivity contribution in [3.05, 3.63) is 0 Å². The van der Waals surface area contributed by atoms with Gasteiger partial charge in [0.25, 0.3) is 0 Å². The first-order chi connectivity index (χ1) is 4.54. The van der Waals surface area contributed by atoms with E-state index in [9.17, 15) is 4.79 Å². The van der Waals surface area contributed by atoms with E-state index in [4.69, 9.17) is 10.5 Å². The van der Waals surface area contributed by atoms with Crippen LogP contribution in [0, 0.1) is 0 Å². The Bertz CT molecular complexity index is 156. The molecule has 0 bridgehead atoms. The SMILES string of the molecule is CC1(C)COCN1C(N)=O. The third kappa shape index (κ3) is 1.07. The number of primary amides is 1. The number of hydrogen-bond donors (Lipinski definition) is 1. The van der Waals surface area contributed by atoms with Crippen molar-refractivity contribution >= 4 is 6.03 Å². The maximum Gasteiger partial charge on any atom is 0.317 e. The second-order valence-corrected chi connectivity index (χ2v) is 3.06. The first-order valence-electron chi connectivity index (χ1n) is 3.19. The van der Waals surface area contributed by atoms with Gasteiger partial charge in [-0.3, -0.25) is 4.90 Å². The van der Waals surface area contributed by atoms with Gasteiger partial charge in [-0.1, -0.05) is 0 Å². The Kier molecular flexibility index (Phi) is 1.56. The normalized spacial score (nSPS) is 23.2. The maximum absolute atomic E-state index is 10.7. The molecule has 0 aromatic carbocycles. The van der Waals surface area contributed by atoms with Crippen molar-refractivity contribution in [2.24, 2.45) is 5.73 Å². The van der Waals surface area contributed by atoms with Gasteiger partial charge in [0, 0.05) is 0 Å². The number of carbonyl (C=O) groups is 1. The summed E-state index contributed by atoms with van der Waals surface area (Å²) in [6, 6.07) is -0.414. The molecule has 4 heteroatoms. The Morgan fingerprint density at radius 1 is 1.70 bits per heavy atom. The van der Waals surface area contributed by atoms with Crippen molar-refractivity contribution in [1.29, 1.82) is 0 Å². The van der Waals surface area contributed by atoms with Crippen LogP contribution in [0.3, 0.4) is 0 Å². The third-order valence-electron chi connectivity index (χ3n) is 1.67. The van der Waals surface area contributed by atoms with E-state index in [0.717, 1.165) is 0 Å². The minimum atomic E-state index is -0.414. The van der Waals surface area contributed by atoms with Crippen LogP contribution < -0.4 is 5.73 Å². The highest BCUT2D eigenvalue weighted by atomic mass is 16.5. The monoisotopic (exact) mass is 144 g/mol. The summed E-state index contributed by atoms with van der Waals surface area (Å²) in [6.07, 6.45) is 0. The van der Waals surface area contributed by atoms with Crippen LogP contribution in [0.4, 0.5) is 4.79 Å². The summed E-state index contributed by atoms with van der Waals surface area (Å²) in [7, 11) is 0. The molecule has 0 atom stereocenters. The average molecular weight is 144 g/mol. The van der Waals surface area contributed by atoms with Gasteiger partial charge in [0.1, 0.15) is 6.73 Å².